The van der Waals surface area contributed by atoms with Crippen molar-refractivity contribution >= 4 is 11.8 Å². The molecule has 0 spiro atoms. The number of alkyl carbamates (subject to hydrolysis) is 1. The maximum atomic E-state index is 11.2. The lowest BCUT2D eigenvalue weighted by molar-refractivity contribution is -0.729. The van der Waals surface area contributed by atoms with Gasteiger partial charge in [-0.1, -0.05) is 13.3 Å². The molecule has 0 atom stereocenters. The van der Waals surface area contributed by atoms with Gasteiger partial charge in [-0.25, -0.2) is 10.0 Å². The van der Waals surface area contributed by atoms with Crippen LogP contribution in [-0.2, 0) is 11.3 Å². The number of carbonyl (C=O) groups is 1. The van der Waals surface area contributed by atoms with Crippen molar-refractivity contribution in [1.29, 1.82) is 0 Å². The average Bonchev–Trinajstić information content (AvgIpc) is 2.37. The lowest BCUT2D eigenvalue weighted by Crippen LogP contribution is -2.25. The number of carbonyl (C=O) groups excluding carboxylic acids is 1. The zero-order chi connectivity index (χ0) is 13.4. The molecule has 6 heteroatoms. The van der Waals surface area contributed by atoms with Gasteiger partial charge in [0.1, 0.15) is 6.61 Å². The van der Waals surface area contributed by atoms with Crippen molar-refractivity contribution in [3.8, 4) is 0 Å². The standard InChI is InChI=1S/C12H16N2O4/c1-2-3-8-13-12(15)18-9-10-4-6-11(7-5-10)14(16)17/h4-7H,2-3,8-9H2,1H3,(H-,13,15,16,17)/p+1. The van der Waals surface area contributed by atoms with Crippen LogP contribution >= 0.6 is 0 Å². The third-order valence-corrected chi connectivity index (χ3v) is 2.33. The zero-order valence-electron chi connectivity index (χ0n) is 10.3. The summed E-state index contributed by atoms with van der Waals surface area (Å²) in [5.74, 6) is 0. The van der Waals surface area contributed by atoms with Crippen LogP contribution in [0.25, 0.3) is 0 Å². The molecular weight excluding hydrogens is 236 g/mol. The molecule has 18 heavy (non-hydrogen) atoms. The van der Waals surface area contributed by atoms with Gasteiger partial charge in [0.2, 0.25) is 0 Å². The van der Waals surface area contributed by atoms with E-state index in [0.29, 0.717) is 6.54 Å². The summed E-state index contributed by atoms with van der Waals surface area (Å²) in [6, 6.07) is 6.10. The Bertz CT molecular complexity index is 403. The van der Waals surface area contributed by atoms with Gasteiger partial charge in [0.25, 0.3) is 4.92 Å². The van der Waals surface area contributed by atoms with Crippen LogP contribution in [0.15, 0.2) is 24.3 Å². The largest absolute Gasteiger partial charge is 0.445 e. The maximum Gasteiger partial charge on any atom is 0.407 e. The second-order valence-electron chi connectivity index (χ2n) is 3.80. The van der Waals surface area contributed by atoms with E-state index in [2.05, 4.69) is 5.32 Å². The van der Waals surface area contributed by atoms with Crippen molar-refractivity contribution < 1.29 is 19.7 Å². The minimum atomic E-state index is -0.458. The predicted molar refractivity (Wildman–Crippen MR) is 64.6 cm³/mol. The van der Waals surface area contributed by atoms with Gasteiger partial charge in [0.05, 0.1) is 4.91 Å². The summed E-state index contributed by atoms with van der Waals surface area (Å²) in [6.45, 7) is 2.77. The van der Waals surface area contributed by atoms with Crippen molar-refractivity contribution in [1.82, 2.24) is 5.32 Å². The van der Waals surface area contributed by atoms with Crippen LogP contribution in [0, 0.1) is 4.91 Å². The van der Waals surface area contributed by atoms with Crippen molar-refractivity contribution in [3.63, 3.8) is 0 Å². The van der Waals surface area contributed by atoms with Gasteiger partial charge in [0.15, 0.2) is 0 Å². The number of benzene rings is 1. The first kappa shape index (κ1) is 14.0. The monoisotopic (exact) mass is 253 g/mol. The fourth-order valence-corrected chi connectivity index (χ4v) is 1.29. The molecule has 0 saturated heterocycles. The van der Waals surface area contributed by atoms with E-state index in [9.17, 15) is 9.70 Å². The van der Waals surface area contributed by atoms with E-state index in [1.165, 1.54) is 12.1 Å². The first-order valence-electron chi connectivity index (χ1n) is 5.79. The summed E-state index contributed by atoms with van der Waals surface area (Å²) >= 11 is 0. The number of nitrogens with zero attached hydrogens (tertiary/aromatic N) is 1. The molecular formula is C12H17N2O4+. The van der Waals surface area contributed by atoms with Crippen molar-refractivity contribution in [2.45, 2.75) is 26.4 Å². The Morgan fingerprint density at radius 2 is 2.06 bits per heavy atom. The third-order valence-electron chi connectivity index (χ3n) is 2.33. The topological polar surface area (TPSA) is 78.6 Å². The molecule has 0 heterocycles. The summed E-state index contributed by atoms with van der Waals surface area (Å²) in [6.07, 6.45) is 1.47. The van der Waals surface area contributed by atoms with E-state index in [1.807, 2.05) is 6.92 Å². The Kier molecular flexibility index (Phi) is 5.63. The molecule has 98 valence electrons. The fraction of sp³-hybridized carbons (Fsp3) is 0.417. The summed E-state index contributed by atoms with van der Waals surface area (Å²) in [4.78, 5) is 21.6. The van der Waals surface area contributed by atoms with Gasteiger partial charge in [0, 0.05) is 18.7 Å². The lowest BCUT2D eigenvalue weighted by atomic mass is 10.2. The third kappa shape index (κ3) is 4.82. The smallest absolute Gasteiger partial charge is 0.407 e. The van der Waals surface area contributed by atoms with Gasteiger partial charge >= 0.3 is 11.8 Å². The van der Waals surface area contributed by atoms with Gasteiger partial charge in [-0.3, -0.25) is 0 Å². The molecule has 0 aliphatic heterocycles. The van der Waals surface area contributed by atoms with E-state index < -0.39 is 6.09 Å². The molecule has 1 aromatic rings. The van der Waals surface area contributed by atoms with Gasteiger partial charge < -0.3 is 10.1 Å². The molecule has 0 bridgehead atoms. The second kappa shape index (κ2) is 7.26. The number of unbranched alkanes of at least 4 members (excludes halogenated alkanes) is 1. The van der Waals surface area contributed by atoms with E-state index in [4.69, 9.17) is 9.94 Å². The highest BCUT2D eigenvalue weighted by atomic mass is 16.6. The molecule has 2 N–H and O–H groups in total. The van der Waals surface area contributed by atoms with Gasteiger partial charge in [-0.15, -0.1) is 0 Å². The highest BCUT2D eigenvalue weighted by molar-refractivity contribution is 5.67. The molecule has 1 amide bonds. The summed E-state index contributed by atoms with van der Waals surface area (Å²) in [5.41, 5.74) is 0.873. The van der Waals surface area contributed by atoms with Crippen LogP contribution in [0.5, 0.6) is 0 Å². The molecule has 0 fully saturated rings. The van der Waals surface area contributed by atoms with Crippen LogP contribution < -0.4 is 5.32 Å². The number of ether oxygens (including phenoxy) is 1. The van der Waals surface area contributed by atoms with Crippen LogP contribution in [0.4, 0.5) is 10.5 Å². The Labute approximate surface area is 105 Å². The number of amides is 1. The number of hydrogen-bond donors (Lipinski definition) is 2. The molecule has 6 nitrogen and oxygen atoms in total. The lowest BCUT2D eigenvalue weighted by Gasteiger charge is -2.06. The summed E-state index contributed by atoms with van der Waals surface area (Å²) in [7, 11) is 0. The van der Waals surface area contributed by atoms with E-state index in [1.54, 1.807) is 12.1 Å². The van der Waals surface area contributed by atoms with Gasteiger partial charge in [-0.2, -0.15) is 0 Å². The Balaban J connectivity index is 2.34. The normalized spacial score (nSPS) is 9.83. The second-order valence-corrected chi connectivity index (χ2v) is 3.80. The molecule has 0 radical (unpaired) electrons. The van der Waals surface area contributed by atoms with Crippen LogP contribution in [-0.4, -0.2) is 22.8 Å². The Hall–Kier alpha value is -2.11. The number of nitrogens with one attached hydrogen (secondary N) is 1. The molecule has 0 aliphatic rings. The fourth-order valence-electron chi connectivity index (χ4n) is 1.29. The Morgan fingerprint density at radius 3 is 2.61 bits per heavy atom. The molecule has 0 aliphatic carbocycles. The highest BCUT2D eigenvalue weighted by Gasteiger charge is 2.10. The molecule has 0 unspecified atom stereocenters. The maximum absolute atomic E-state index is 11.2. The first-order chi connectivity index (χ1) is 8.63. The summed E-state index contributed by atoms with van der Waals surface area (Å²) in [5, 5.41) is 11.3. The first-order valence-corrected chi connectivity index (χ1v) is 5.79. The SMILES string of the molecule is CCCCNC(=O)OCc1ccc([N+](=O)O)cc1. The van der Waals surface area contributed by atoms with Crippen LogP contribution in [0.3, 0.4) is 0 Å². The molecule has 1 aromatic carbocycles. The van der Waals surface area contributed by atoms with Crippen molar-refractivity contribution in [2.24, 2.45) is 0 Å². The zero-order valence-corrected chi connectivity index (χ0v) is 10.3. The van der Waals surface area contributed by atoms with E-state index in [0.717, 1.165) is 18.4 Å². The van der Waals surface area contributed by atoms with Crippen LogP contribution in [0.1, 0.15) is 25.3 Å². The quantitative estimate of drug-likeness (QED) is 0.603. The van der Waals surface area contributed by atoms with Crippen molar-refractivity contribution in [3.05, 3.63) is 34.7 Å². The number of hydrogen-bond acceptors (Lipinski definition) is 3. The Morgan fingerprint density at radius 1 is 1.39 bits per heavy atom. The van der Waals surface area contributed by atoms with Crippen molar-refractivity contribution in [2.75, 3.05) is 6.54 Å². The minimum Gasteiger partial charge on any atom is -0.445 e. The predicted octanol–water partition coefficient (Wildman–Crippen LogP) is 2.51. The minimum absolute atomic E-state index is 0.128. The van der Waals surface area contributed by atoms with E-state index >= 15 is 0 Å². The van der Waals surface area contributed by atoms with E-state index in [-0.39, 0.29) is 17.2 Å². The molecule has 1 rings (SSSR count). The van der Waals surface area contributed by atoms with Crippen LogP contribution in [0.2, 0.25) is 0 Å². The highest BCUT2D eigenvalue weighted by Crippen LogP contribution is 2.11. The van der Waals surface area contributed by atoms with Gasteiger partial charge in [-0.05, 0) is 24.1 Å². The average molecular weight is 253 g/mol. The summed E-state index contributed by atoms with van der Waals surface area (Å²) < 4.78 is 4.97. The number of rotatable bonds is 6. The molecule has 0 saturated carbocycles. The molecule has 0 aromatic heterocycles.